The average Bonchev–Trinajstić information content (AvgIpc) is 3.48. The number of nitrogens with one attached hydrogen (secondary N) is 1. The molecule has 1 aromatic carbocycles. The molecule has 1 fully saturated rings. The minimum atomic E-state index is -0.819. The zero-order valence-corrected chi connectivity index (χ0v) is 20.7. The summed E-state index contributed by atoms with van der Waals surface area (Å²) in [6, 6.07) is 3.71. The first-order valence-corrected chi connectivity index (χ1v) is 12.3. The minimum Gasteiger partial charge on any atom is -0.387 e. The number of carbonyl (C=O) groups is 2. The molecule has 4 rings (SSSR count). The van der Waals surface area contributed by atoms with Crippen LogP contribution in [-0.4, -0.2) is 47.1 Å². The summed E-state index contributed by atoms with van der Waals surface area (Å²) >= 11 is 1.50. The molecule has 1 saturated heterocycles. The summed E-state index contributed by atoms with van der Waals surface area (Å²) in [7, 11) is 0. The Morgan fingerprint density at radius 2 is 1.91 bits per heavy atom. The van der Waals surface area contributed by atoms with Crippen molar-refractivity contribution in [3.8, 4) is 0 Å². The van der Waals surface area contributed by atoms with Gasteiger partial charge in [-0.15, -0.1) is 11.3 Å². The van der Waals surface area contributed by atoms with E-state index in [1.807, 2.05) is 5.38 Å². The molecule has 0 saturated carbocycles. The van der Waals surface area contributed by atoms with Crippen LogP contribution in [0, 0.1) is 17.0 Å². The van der Waals surface area contributed by atoms with Gasteiger partial charge in [-0.2, -0.15) is 0 Å². The van der Waals surface area contributed by atoms with Gasteiger partial charge < -0.3 is 9.74 Å². The van der Waals surface area contributed by atoms with Crippen LogP contribution < -0.4 is 5.48 Å². The molecule has 1 unspecified atom stereocenters. The van der Waals surface area contributed by atoms with Crippen LogP contribution in [0.2, 0.25) is 0 Å². The molecule has 0 aliphatic carbocycles. The van der Waals surface area contributed by atoms with Crippen molar-refractivity contribution in [3.63, 3.8) is 0 Å². The van der Waals surface area contributed by atoms with Crippen molar-refractivity contribution in [1.82, 2.24) is 15.4 Å². The Kier molecular flexibility index (Phi) is 7.46. The van der Waals surface area contributed by atoms with E-state index in [1.54, 1.807) is 25.7 Å². The van der Waals surface area contributed by atoms with Gasteiger partial charge in [0.15, 0.2) is 12.7 Å². The third-order valence-corrected chi connectivity index (χ3v) is 7.05. The van der Waals surface area contributed by atoms with Gasteiger partial charge in [0, 0.05) is 36.2 Å². The Morgan fingerprint density at radius 3 is 2.57 bits per heavy atom. The molecule has 2 aromatic rings. The summed E-state index contributed by atoms with van der Waals surface area (Å²) in [6.07, 6.45) is 0.916. The topological polar surface area (TPSA) is 93.1 Å². The third-order valence-electron chi connectivity index (χ3n) is 6.05. The van der Waals surface area contributed by atoms with Crippen molar-refractivity contribution in [2.75, 3.05) is 19.7 Å². The van der Waals surface area contributed by atoms with Crippen LogP contribution in [0.4, 0.5) is 8.78 Å². The Bertz CT molecular complexity index is 1100. The fraction of sp³-hybridized carbons (Fsp3) is 0.500. The number of hydrogen-bond acceptors (Lipinski definition) is 7. The van der Waals surface area contributed by atoms with Crippen LogP contribution >= 0.6 is 11.3 Å². The Morgan fingerprint density at radius 1 is 1.23 bits per heavy atom. The van der Waals surface area contributed by atoms with Crippen LogP contribution in [-0.2, 0) is 19.3 Å². The number of carbonyl (C=O) groups excluding carboxylic acids is 2. The van der Waals surface area contributed by atoms with E-state index in [0.717, 1.165) is 17.8 Å². The minimum absolute atomic E-state index is 0.124. The number of piperidine rings is 1. The van der Waals surface area contributed by atoms with E-state index in [0.29, 0.717) is 24.5 Å². The largest absolute Gasteiger partial charge is 0.387 e. The van der Waals surface area contributed by atoms with Crippen molar-refractivity contribution in [2.24, 2.45) is 10.6 Å². The molecule has 8 nitrogen and oxygen atoms in total. The molecule has 0 radical (unpaired) electrons. The molecular weight excluding hydrogens is 478 g/mol. The van der Waals surface area contributed by atoms with Crippen molar-refractivity contribution in [3.05, 3.63) is 51.5 Å². The van der Waals surface area contributed by atoms with Gasteiger partial charge >= 0.3 is 0 Å². The lowest BCUT2D eigenvalue weighted by Crippen LogP contribution is -2.42. The molecule has 0 spiro atoms. The number of hydroxylamine groups is 1. The maximum Gasteiger partial charge on any atom is 0.251 e. The van der Waals surface area contributed by atoms with E-state index in [9.17, 15) is 18.4 Å². The second kappa shape index (κ2) is 10.4. The summed E-state index contributed by atoms with van der Waals surface area (Å²) in [5, 5.41) is 6.84. The SMILES string of the molecule is CC(C)(C)C(=O)NOCC(=O)N1CCC(c2nc(C3=NOC(c4c(F)cccc4F)C3)cs2)CC1. The Labute approximate surface area is 206 Å². The monoisotopic (exact) mass is 506 g/mol. The highest BCUT2D eigenvalue weighted by atomic mass is 32.1. The first-order valence-electron chi connectivity index (χ1n) is 11.5. The summed E-state index contributed by atoms with van der Waals surface area (Å²) in [6.45, 7) is 6.19. The molecule has 0 bridgehead atoms. The highest BCUT2D eigenvalue weighted by Gasteiger charge is 2.31. The van der Waals surface area contributed by atoms with Crippen LogP contribution in [0.5, 0.6) is 0 Å². The van der Waals surface area contributed by atoms with Gasteiger partial charge in [-0.25, -0.2) is 19.2 Å². The number of rotatable bonds is 6. The number of thiazole rings is 1. The Balaban J connectivity index is 1.27. The zero-order valence-electron chi connectivity index (χ0n) is 19.8. The van der Waals surface area contributed by atoms with E-state index in [-0.39, 0.29) is 36.3 Å². The summed E-state index contributed by atoms with van der Waals surface area (Å²) in [5.41, 5.74) is 2.80. The lowest BCUT2D eigenvalue weighted by Gasteiger charge is -2.31. The van der Waals surface area contributed by atoms with Crippen molar-refractivity contribution in [1.29, 1.82) is 0 Å². The zero-order chi connectivity index (χ0) is 25.2. The van der Waals surface area contributed by atoms with E-state index >= 15 is 0 Å². The standard InChI is InChI=1S/C24H28F2N4O4S/c1-24(2,3)23(32)29-33-12-20(31)30-9-7-14(8-10-30)22-27-18(13-35-22)17-11-19(34-28-17)21-15(25)5-4-6-16(21)26/h4-6,13-14,19H,7-12H2,1-3H3,(H,29,32). The maximum atomic E-state index is 14.1. The molecule has 11 heteroatoms. The fourth-order valence-electron chi connectivity index (χ4n) is 3.89. The van der Waals surface area contributed by atoms with Gasteiger partial charge in [0.25, 0.3) is 5.91 Å². The van der Waals surface area contributed by atoms with Crippen LogP contribution in [0.1, 0.15) is 68.3 Å². The molecule has 3 heterocycles. The molecule has 1 N–H and O–H groups in total. The predicted octanol–water partition coefficient (Wildman–Crippen LogP) is 4.09. The van der Waals surface area contributed by atoms with Gasteiger partial charge in [-0.05, 0) is 25.0 Å². The number of amides is 2. The predicted molar refractivity (Wildman–Crippen MR) is 126 cm³/mol. The average molecular weight is 507 g/mol. The van der Waals surface area contributed by atoms with E-state index in [4.69, 9.17) is 14.7 Å². The summed E-state index contributed by atoms with van der Waals surface area (Å²) in [5.74, 6) is -1.59. The molecule has 2 amide bonds. The highest BCUT2D eigenvalue weighted by Crippen LogP contribution is 2.35. The molecule has 2 aliphatic rings. The van der Waals surface area contributed by atoms with Gasteiger partial charge in [-0.3, -0.25) is 14.4 Å². The van der Waals surface area contributed by atoms with E-state index in [1.165, 1.54) is 29.5 Å². The van der Waals surface area contributed by atoms with Gasteiger partial charge in [0.1, 0.15) is 17.3 Å². The van der Waals surface area contributed by atoms with Crippen LogP contribution in [0.25, 0.3) is 0 Å². The lowest BCUT2D eigenvalue weighted by atomic mass is 9.96. The second-order valence-electron chi connectivity index (χ2n) is 9.67. The van der Waals surface area contributed by atoms with Crippen molar-refractivity contribution in [2.45, 2.75) is 52.1 Å². The second-order valence-corrected chi connectivity index (χ2v) is 10.6. The number of hydrogen-bond donors (Lipinski definition) is 1. The van der Waals surface area contributed by atoms with Crippen LogP contribution in [0.15, 0.2) is 28.7 Å². The lowest BCUT2D eigenvalue weighted by molar-refractivity contribution is -0.149. The number of aromatic nitrogens is 1. The first-order chi connectivity index (χ1) is 16.6. The van der Waals surface area contributed by atoms with Gasteiger partial charge in [0.2, 0.25) is 5.91 Å². The molecular formula is C24H28F2N4O4S. The van der Waals surface area contributed by atoms with Crippen molar-refractivity contribution < 1.29 is 28.0 Å². The number of nitrogens with zero attached hydrogens (tertiary/aromatic N) is 3. The molecule has 1 aromatic heterocycles. The molecule has 1 atom stereocenters. The third kappa shape index (κ3) is 5.84. The number of oxime groups is 1. The number of benzene rings is 1. The van der Waals surface area contributed by atoms with E-state index in [2.05, 4.69) is 10.6 Å². The summed E-state index contributed by atoms with van der Waals surface area (Å²) in [4.78, 5) is 41.0. The molecule has 35 heavy (non-hydrogen) atoms. The number of halogens is 2. The van der Waals surface area contributed by atoms with Gasteiger partial charge in [-0.1, -0.05) is 32.0 Å². The highest BCUT2D eigenvalue weighted by molar-refractivity contribution is 7.10. The first kappa shape index (κ1) is 25.2. The smallest absolute Gasteiger partial charge is 0.251 e. The van der Waals surface area contributed by atoms with Crippen molar-refractivity contribution >= 4 is 28.9 Å². The van der Waals surface area contributed by atoms with E-state index < -0.39 is 23.2 Å². The van der Waals surface area contributed by atoms with Gasteiger partial charge in [0.05, 0.1) is 16.3 Å². The normalized spacial score (nSPS) is 18.8. The number of likely N-dealkylation sites (tertiary alicyclic amines) is 1. The quantitative estimate of drug-likeness (QED) is 0.596. The summed E-state index contributed by atoms with van der Waals surface area (Å²) < 4.78 is 28.2. The molecule has 2 aliphatic heterocycles. The fourth-order valence-corrected chi connectivity index (χ4v) is 4.89. The molecule has 188 valence electrons. The van der Waals surface area contributed by atoms with Crippen LogP contribution in [0.3, 0.4) is 0 Å². The Hall–Kier alpha value is -2.92. The maximum absolute atomic E-state index is 14.1.